The van der Waals surface area contributed by atoms with Crippen molar-refractivity contribution >= 4 is 50.7 Å². The quantitative estimate of drug-likeness (QED) is 0.285. The number of rotatable bonds is 4. The molecule has 1 aliphatic heterocycles. The van der Waals surface area contributed by atoms with Crippen LogP contribution in [0.25, 0.3) is 5.76 Å². The second-order valence-corrected chi connectivity index (χ2v) is 8.63. The van der Waals surface area contributed by atoms with E-state index in [1.54, 1.807) is 42.5 Å². The summed E-state index contributed by atoms with van der Waals surface area (Å²) >= 11 is 3.44. The third-order valence-corrected chi connectivity index (χ3v) is 6.35. The van der Waals surface area contributed by atoms with E-state index < -0.39 is 17.7 Å². The van der Waals surface area contributed by atoms with E-state index >= 15 is 0 Å². The van der Waals surface area contributed by atoms with Crippen molar-refractivity contribution in [3.8, 4) is 0 Å². The number of Topliss-reactive ketones (excluding diaryl/α,β-unsaturated/α-hetero) is 1. The molecule has 1 unspecified atom stereocenters. The maximum atomic E-state index is 13.2. The van der Waals surface area contributed by atoms with Crippen molar-refractivity contribution in [2.45, 2.75) is 19.9 Å². The number of carbonyl (C=O) groups is 3. The molecule has 2 N–H and O–H groups in total. The van der Waals surface area contributed by atoms with Gasteiger partial charge in [0, 0.05) is 28.3 Å². The van der Waals surface area contributed by atoms with Crippen LogP contribution in [0.15, 0.2) is 82.8 Å². The van der Waals surface area contributed by atoms with Gasteiger partial charge >= 0.3 is 0 Å². The Kier molecular flexibility index (Phi) is 6.16. The van der Waals surface area contributed by atoms with Crippen molar-refractivity contribution in [3.63, 3.8) is 0 Å². The lowest BCUT2D eigenvalue weighted by atomic mass is 9.95. The van der Waals surface area contributed by atoms with Crippen LogP contribution < -0.4 is 10.2 Å². The number of carbonyl (C=O) groups excluding carboxylic acids is 3. The average molecular weight is 505 g/mol. The van der Waals surface area contributed by atoms with Crippen molar-refractivity contribution in [2.24, 2.45) is 0 Å². The second-order valence-electron chi connectivity index (χ2n) is 7.77. The molecule has 166 valence electrons. The number of amides is 2. The van der Waals surface area contributed by atoms with Crippen molar-refractivity contribution < 1.29 is 19.5 Å². The number of nitrogens with one attached hydrogen (secondary N) is 1. The molecule has 0 radical (unpaired) electrons. The summed E-state index contributed by atoms with van der Waals surface area (Å²) in [4.78, 5) is 39.1. The fraction of sp³-hybridized carbons (Fsp3) is 0.115. The molecule has 1 atom stereocenters. The van der Waals surface area contributed by atoms with Gasteiger partial charge in [-0.05, 0) is 54.4 Å². The summed E-state index contributed by atoms with van der Waals surface area (Å²) in [5, 5.41) is 13.9. The summed E-state index contributed by atoms with van der Waals surface area (Å²) < 4.78 is 0.873. The Morgan fingerprint density at radius 2 is 1.67 bits per heavy atom. The highest BCUT2D eigenvalue weighted by molar-refractivity contribution is 9.10. The third-order valence-electron chi connectivity index (χ3n) is 5.46. The van der Waals surface area contributed by atoms with Gasteiger partial charge in [0.1, 0.15) is 5.76 Å². The number of anilines is 2. The summed E-state index contributed by atoms with van der Waals surface area (Å²) in [6.45, 7) is 3.29. The van der Waals surface area contributed by atoms with Crippen LogP contribution in [0, 0.1) is 6.92 Å². The van der Waals surface area contributed by atoms with Gasteiger partial charge in [-0.2, -0.15) is 0 Å². The highest BCUT2D eigenvalue weighted by Crippen LogP contribution is 2.42. The molecule has 0 aliphatic carbocycles. The molecule has 3 aromatic carbocycles. The Balaban J connectivity index is 1.87. The topological polar surface area (TPSA) is 86.7 Å². The molecular formula is C26H21BrN2O4. The number of aliphatic hydroxyl groups is 1. The van der Waals surface area contributed by atoms with E-state index in [1.165, 1.54) is 11.8 Å². The van der Waals surface area contributed by atoms with Crippen LogP contribution in [0.2, 0.25) is 0 Å². The minimum atomic E-state index is -0.804. The Labute approximate surface area is 199 Å². The van der Waals surface area contributed by atoms with Crippen LogP contribution in [0.3, 0.4) is 0 Å². The first kappa shape index (κ1) is 22.5. The van der Waals surface area contributed by atoms with E-state index in [1.807, 2.05) is 37.3 Å². The number of benzene rings is 3. The fourth-order valence-electron chi connectivity index (χ4n) is 3.91. The van der Waals surface area contributed by atoms with E-state index in [0.717, 1.165) is 10.0 Å². The lowest BCUT2D eigenvalue weighted by molar-refractivity contribution is -0.132. The third kappa shape index (κ3) is 4.32. The van der Waals surface area contributed by atoms with Gasteiger partial charge in [0.2, 0.25) is 5.91 Å². The number of hydrogen-bond acceptors (Lipinski definition) is 4. The number of ketones is 1. The molecule has 1 aliphatic rings. The molecule has 1 heterocycles. The van der Waals surface area contributed by atoms with Crippen molar-refractivity contribution in [1.29, 1.82) is 0 Å². The average Bonchev–Trinajstić information content (AvgIpc) is 3.06. The van der Waals surface area contributed by atoms with Crippen LogP contribution >= 0.6 is 15.9 Å². The van der Waals surface area contributed by atoms with Crippen LogP contribution in [0.4, 0.5) is 11.4 Å². The molecule has 7 heteroatoms. The van der Waals surface area contributed by atoms with Gasteiger partial charge in [-0.15, -0.1) is 0 Å². The maximum absolute atomic E-state index is 13.2. The smallest absolute Gasteiger partial charge is 0.300 e. The van der Waals surface area contributed by atoms with Crippen LogP contribution in [0.1, 0.15) is 29.7 Å². The first-order valence-electron chi connectivity index (χ1n) is 10.3. The Hall–Kier alpha value is -3.71. The van der Waals surface area contributed by atoms with Gasteiger partial charge < -0.3 is 10.4 Å². The molecule has 4 rings (SSSR count). The molecule has 0 bridgehead atoms. The standard InChI is InChI=1S/C26H21BrN2O4/c1-15-14-18(8-13-21(15)27)24(31)22-23(17-6-4-3-5-7-17)29(26(33)25(22)32)20-11-9-19(10-12-20)28-16(2)30/h3-14,23,31H,1-2H3,(H,28,30)/b24-22-. The SMILES string of the molecule is CC(=O)Nc1ccc(N2C(=O)C(=O)/C(=C(\O)c3ccc(Br)c(C)c3)C2c2ccccc2)cc1. The lowest BCUT2D eigenvalue weighted by Gasteiger charge is -2.25. The summed E-state index contributed by atoms with van der Waals surface area (Å²) in [5.74, 6) is -1.92. The Morgan fingerprint density at radius 1 is 1.00 bits per heavy atom. The zero-order valence-electron chi connectivity index (χ0n) is 18.0. The fourth-order valence-corrected chi connectivity index (χ4v) is 4.15. The molecule has 33 heavy (non-hydrogen) atoms. The molecule has 0 spiro atoms. The molecule has 3 aromatic rings. The minimum absolute atomic E-state index is 0.0267. The molecule has 1 saturated heterocycles. The Bertz CT molecular complexity index is 1280. The number of hydrogen-bond donors (Lipinski definition) is 2. The monoisotopic (exact) mass is 504 g/mol. The van der Waals surface area contributed by atoms with Crippen LogP contribution in [-0.2, 0) is 14.4 Å². The van der Waals surface area contributed by atoms with E-state index in [4.69, 9.17) is 0 Å². The van der Waals surface area contributed by atoms with Gasteiger partial charge in [-0.25, -0.2) is 0 Å². The largest absolute Gasteiger partial charge is 0.507 e. The Morgan fingerprint density at radius 3 is 2.27 bits per heavy atom. The highest BCUT2D eigenvalue weighted by atomic mass is 79.9. The first-order valence-corrected chi connectivity index (χ1v) is 11.1. The van der Waals surface area contributed by atoms with Crippen LogP contribution in [-0.4, -0.2) is 22.7 Å². The van der Waals surface area contributed by atoms with E-state index in [0.29, 0.717) is 22.5 Å². The van der Waals surface area contributed by atoms with E-state index in [9.17, 15) is 19.5 Å². The molecule has 0 aromatic heterocycles. The van der Waals surface area contributed by atoms with Crippen LogP contribution in [0.5, 0.6) is 0 Å². The van der Waals surface area contributed by atoms with Gasteiger partial charge in [0.15, 0.2) is 0 Å². The molecule has 0 saturated carbocycles. The second kappa shape index (κ2) is 9.03. The highest BCUT2D eigenvalue weighted by Gasteiger charge is 2.46. The number of nitrogens with zero attached hydrogens (tertiary/aromatic N) is 1. The summed E-state index contributed by atoms with van der Waals surface area (Å²) in [6.07, 6.45) is 0. The molecule has 6 nitrogen and oxygen atoms in total. The van der Waals surface area contributed by atoms with E-state index in [2.05, 4.69) is 21.2 Å². The first-order chi connectivity index (χ1) is 15.8. The number of aryl methyl sites for hydroxylation is 1. The predicted octanol–water partition coefficient (Wildman–Crippen LogP) is 5.34. The van der Waals surface area contributed by atoms with Crippen molar-refractivity contribution in [1.82, 2.24) is 0 Å². The number of halogens is 1. The molecular weight excluding hydrogens is 484 g/mol. The normalized spacial score (nSPS) is 17.3. The van der Waals surface area contributed by atoms with Gasteiger partial charge in [0.05, 0.1) is 11.6 Å². The van der Waals surface area contributed by atoms with E-state index in [-0.39, 0.29) is 17.2 Å². The zero-order valence-corrected chi connectivity index (χ0v) is 19.6. The zero-order chi connectivity index (χ0) is 23.7. The van der Waals surface area contributed by atoms with Gasteiger partial charge in [-0.1, -0.05) is 52.3 Å². The predicted molar refractivity (Wildman–Crippen MR) is 131 cm³/mol. The maximum Gasteiger partial charge on any atom is 0.300 e. The van der Waals surface area contributed by atoms with Gasteiger partial charge in [0.25, 0.3) is 11.7 Å². The summed E-state index contributed by atoms with van der Waals surface area (Å²) in [7, 11) is 0. The number of aliphatic hydroxyl groups excluding tert-OH is 1. The summed E-state index contributed by atoms with van der Waals surface area (Å²) in [5.41, 5.74) is 3.11. The van der Waals surface area contributed by atoms with Crippen molar-refractivity contribution in [3.05, 3.63) is 99.5 Å². The lowest BCUT2D eigenvalue weighted by Crippen LogP contribution is -2.29. The molecule has 1 fully saturated rings. The summed E-state index contributed by atoms with van der Waals surface area (Å²) in [6, 6.07) is 20.2. The van der Waals surface area contributed by atoms with Crippen molar-refractivity contribution in [2.75, 3.05) is 10.2 Å². The van der Waals surface area contributed by atoms with Gasteiger partial charge in [-0.3, -0.25) is 19.3 Å². The minimum Gasteiger partial charge on any atom is -0.507 e. The molecule has 2 amide bonds.